The summed E-state index contributed by atoms with van der Waals surface area (Å²) in [6, 6.07) is 15.6. The van der Waals surface area contributed by atoms with E-state index in [4.69, 9.17) is 4.42 Å². The minimum absolute atomic E-state index is 0.00613. The Balaban J connectivity index is 1.76. The summed E-state index contributed by atoms with van der Waals surface area (Å²) in [6.45, 7) is 4.14. The first-order valence-electron chi connectivity index (χ1n) is 9.46. The molecule has 1 aromatic heterocycles. The molecule has 160 valence electrons. The Hall–Kier alpha value is -2.62. The van der Waals surface area contributed by atoms with Crippen molar-refractivity contribution in [2.24, 2.45) is 0 Å². The zero-order chi connectivity index (χ0) is 21.8. The molecule has 0 amide bonds. The highest BCUT2D eigenvalue weighted by Gasteiger charge is 2.18. The third-order valence-corrected chi connectivity index (χ3v) is 7.58. The lowest BCUT2D eigenvalue weighted by Gasteiger charge is -2.12. The smallest absolute Gasteiger partial charge is 0.261 e. The molecule has 1 heterocycles. The van der Waals surface area contributed by atoms with E-state index in [9.17, 15) is 16.8 Å². The topological polar surface area (TPSA) is 105 Å². The van der Waals surface area contributed by atoms with E-state index in [0.29, 0.717) is 11.7 Å². The summed E-state index contributed by atoms with van der Waals surface area (Å²) >= 11 is 0. The van der Waals surface area contributed by atoms with Crippen LogP contribution in [-0.2, 0) is 26.6 Å². The molecule has 0 aliphatic heterocycles. The summed E-state index contributed by atoms with van der Waals surface area (Å²) in [6.07, 6.45) is 2.41. The number of rotatable bonds is 9. The van der Waals surface area contributed by atoms with Crippen LogP contribution in [0.4, 0.5) is 5.69 Å². The minimum Gasteiger partial charge on any atom is -0.468 e. The van der Waals surface area contributed by atoms with Crippen LogP contribution < -0.4 is 9.44 Å². The van der Waals surface area contributed by atoms with Gasteiger partial charge in [-0.3, -0.25) is 4.72 Å². The van der Waals surface area contributed by atoms with Crippen LogP contribution in [-0.4, -0.2) is 16.8 Å². The van der Waals surface area contributed by atoms with Gasteiger partial charge in [-0.05, 0) is 60.4 Å². The highest BCUT2D eigenvalue weighted by molar-refractivity contribution is 7.92. The molecule has 0 saturated carbocycles. The molecular weight excluding hydrogens is 424 g/mol. The average Bonchev–Trinajstić information content (AvgIpc) is 3.25. The third kappa shape index (κ3) is 5.29. The maximum atomic E-state index is 12.7. The standard InChI is InChI=1S/C21H24N2O5S2/c1-3-16(2)17-9-11-20(12-10-17)30(26,27)23-18-6-4-8-21(14-18)29(24,25)22-15-19-7-5-13-28-19/h4-14,16,22-23H,3,15H2,1-2H3. The quantitative estimate of drug-likeness (QED) is 0.513. The van der Waals surface area contributed by atoms with Crippen molar-refractivity contribution in [1.29, 1.82) is 0 Å². The first kappa shape index (κ1) is 22.1. The summed E-state index contributed by atoms with van der Waals surface area (Å²) in [5.74, 6) is 0.807. The van der Waals surface area contributed by atoms with Gasteiger partial charge < -0.3 is 4.42 Å². The molecule has 1 atom stereocenters. The lowest BCUT2D eigenvalue weighted by Crippen LogP contribution is -2.23. The fraction of sp³-hybridized carbons (Fsp3) is 0.238. The Labute approximate surface area is 177 Å². The maximum absolute atomic E-state index is 12.7. The fourth-order valence-electron chi connectivity index (χ4n) is 2.81. The lowest BCUT2D eigenvalue weighted by molar-refractivity contribution is 0.498. The van der Waals surface area contributed by atoms with Gasteiger partial charge in [-0.25, -0.2) is 21.6 Å². The van der Waals surface area contributed by atoms with Crippen LogP contribution in [0.2, 0.25) is 0 Å². The van der Waals surface area contributed by atoms with Gasteiger partial charge >= 0.3 is 0 Å². The van der Waals surface area contributed by atoms with Gasteiger partial charge in [0, 0.05) is 0 Å². The summed E-state index contributed by atoms with van der Waals surface area (Å²) in [7, 11) is -7.69. The number of sulfonamides is 2. The minimum atomic E-state index is -3.85. The Morgan fingerprint density at radius 2 is 1.63 bits per heavy atom. The molecule has 2 N–H and O–H groups in total. The number of hydrogen-bond donors (Lipinski definition) is 2. The molecule has 2 aromatic carbocycles. The van der Waals surface area contributed by atoms with Crippen molar-refractivity contribution in [3.8, 4) is 0 Å². The van der Waals surface area contributed by atoms with E-state index in [-0.39, 0.29) is 22.0 Å². The van der Waals surface area contributed by atoms with Gasteiger partial charge in [0.15, 0.2) is 0 Å². The average molecular weight is 449 g/mol. The Kier molecular flexibility index (Phi) is 6.64. The molecule has 3 rings (SSSR count). The molecule has 0 aliphatic carbocycles. The first-order chi connectivity index (χ1) is 14.2. The van der Waals surface area contributed by atoms with E-state index in [1.807, 2.05) is 0 Å². The Bertz CT molecular complexity index is 1190. The second-order valence-corrected chi connectivity index (χ2v) is 10.4. The van der Waals surface area contributed by atoms with E-state index < -0.39 is 20.0 Å². The second-order valence-electron chi connectivity index (χ2n) is 6.92. The monoisotopic (exact) mass is 448 g/mol. The number of hydrogen-bond acceptors (Lipinski definition) is 5. The summed E-state index contributed by atoms with van der Waals surface area (Å²) < 4.78 is 60.4. The predicted octanol–water partition coefficient (Wildman–Crippen LogP) is 4.07. The summed E-state index contributed by atoms with van der Waals surface area (Å²) in [4.78, 5) is 0.0557. The Morgan fingerprint density at radius 1 is 0.900 bits per heavy atom. The fourth-order valence-corrected chi connectivity index (χ4v) is 4.90. The van der Waals surface area contributed by atoms with Crippen molar-refractivity contribution in [2.45, 2.75) is 42.5 Å². The van der Waals surface area contributed by atoms with Crippen molar-refractivity contribution in [2.75, 3.05) is 4.72 Å². The molecule has 0 radical (unpaired) electrons. The first-order valence-corrected chi connectivity index (χ1v) is 12.4. The highest BCUT2D eigenvalue weighted by atomic mass is 32.2. The number of benzene rings is 2. The van der Waals surface area contributed by atoms with E-state index in [2.05, 4.69) is 23.3 Å². The van der Waals surface area contributed by atoms with E-state index in [1.54, 1.807) is 36.4 Å². The van der Waals surface area contributed by atoms with Gasteiger partial charge in [0.05, 0.1) is 28.3 Å². The van der Waals surface area contributed by atoms with E-state index in [0.717, 1.165) is 12.0 Å². The summed E-state index contributed by atoms with van der Waals surface area (Å²) in [5.41, 5.74) is 1.22. The lowest BCUT2D eigenvalue weighted by atomic mass is 9.99. The summed E-state index contributed by atoms with van der Waals surface area (Å²) in [5, 5.41) is 0. The SMILES string of the molecule is CCC(C)c1ccc(S(=O)(=O)Nc2cccc(S(=O)(=O)NCc3ccco3)c2)cc1. The number of nitrogens with one attached hydrogen (secondary N) is 2. The molecule has 1 unspecified atom stereocenters. The van der Waals surface area contributed by atoms with E-state index >= 15 is 0 Å². The van der Waals surface area contributed by atoms with Crippen LogP contribution in [0.25, 0.3) is 0 Å². The molecule has 7 nitrogen and oxygen atoms in total. The predicted molar refractivity (Wildman–Crippen MR) is 115 cm³/mol. The van der Waals surface area contributed by atoms with Crippen LogP contribution in [0.5, 0.6) is 0 Å². The Morgan fingerprint density at radius 3 is 2.27 bits per heavy atom. The molecular formula is C21H24N2O5S2. The molecule has 0 saturated heterocycles. The molecule has 0 spiro atoms. The maximum Gasteiger partial charge on any atom is 0.261 e. The molecule has 9 heteroatoms. The van der Waals surface area contributed by atoms with E-state index in [1.165, 1.54) is 30.5 Å². The molecule has 0 bridgehead atoms. The zero-order valence-electron chi connectivity index (χ0n) is 16.7. The van der Waals surface area contributed by atoms with Gasteiger partial charge in [-0.15, -0.1) is 0 Å². The largest absolute Gasteiger partial charge is 0.468 e. The molecule has 0 fully saturated rings. The van der Waals surface area contributed by atoms with Crippen LogP contribution in [0.15, 0.2) is 81.1 Å². The normalized spacial score (nSPS) is 13.1. The molecule has 0 aliphatic rings. The van der Waals surface area contributed by atoms with Crippen LogP contribution in [0.1, 0.15) is 37.5 Å². The number of anilines is 1. The molecule has 30 heavy (non-hydrogen) atoms. The van der Waals surface area contributed by atoms with Crippen molar-refractivity contribution in [1.82, 2.24) is 4.72 Å². The van der Waals surface area contributed by atoms with Crippen molar-refractivity contribution < 1.29 is 21.3 Å². The molecule has 3 aromatic rings. The second kappa shape index (κ2) is 9.03. The van der Waals surface area contributed by atoms with Gasteiger partial charge in [0.25, 0.3) is 10.0 Å². The highest BCUT2D eigenvalue weighted by Crippen LogP contribution is 2.23. The number of furan rings is 1. The van der Waals surface area contributed by atoms with Crippen LogP contribution >= 0.6 is 0 Å². The van der Waals surface area contributed by atoms with Crippen molar-refractivity contribution in [3.63, 3.8) is 0 Å². The zero-order valence-corrected chi connectivity index (χ0v) is 18.3. The van der Waals surface area contributed by atoms with Gasteiger partial charge in [0.1, 0.15) is 5.76 Å². The van der Waals surface area contributed by atoms with Crippen LogP contribution in [0.3, 0.4) is 0 Å². The van der Waals surface area contributed by atoms with Gasteiger partial charge in [-0.2, -0.15) is 0 Å². The van der Waals surface area contributed by atoms with Crippen molar-refractivity contribution >= 4 is 25.7 Å². The van der Waals surface area contributed by atoms with Crippen molar-refractivity contribution in [3.05, 3.63) is 78.3 Å². The van der Waals surface area contributed by atoms with Gasteiger partial charge in [0.2, 0.25) is 10.0 Å². The third-order valence-electron chi connectivity index (χ3n) is 4.78. The van der Waals surface area contributed by atoms with Crippen LogP contribution in [0, 0.1) is 0 Å². The van der Waals surface area contributed by atoms with Gasteiger partial charge in [-0.1, -0.05) is 32.0 Å².